The van der Waals surface area contributed by atoms with Crippen LogP contribution in [0.25, 0.3) is 11.0 Å². The van der Waals surface area contributed by atoms with Gasteiger partial charge < -0.3 is 20.4 Å². The van der Waals surface area contributed by atoms with Gasteiger partial charge in [-0.2, -0.15) is 0 Å². The van der Waals surface area contributed by atoms with Crippen LogP contribution in [0.5, 0.6) is 0 Å². The first-order valence-corrected chi connectivity index (χ1v) is 9.47. The summed E-state index contributed by atoms with van der Waals surface area (Å²) < 4.78 is 19.1. The molecule has 0 fully saturated rings. The third kappa shape index (κ3) is 4.48. The highest BCUT2D eigenvalue weighted by Gasteiger charge is 2.23. The highest BCUT2D eigenvalue weighted by Crippen LogP contribution is 2.27. The molecule has 0 aliphatic rings. The number of nitrogens with two attached hydrogens (primary N) is 1. The Balaban J connectivity index is 1.65. The Kier molecular flexibility index (Phi) is 6.15. The largest absolute Gasteiger partial charge is 0.451 e. The fourth-order valence-electron chi connectivity index (χ4n) is 3.12. The first-order chi connectivity index (χ1) is 14.3. The van der Waals surface area contributed by atoms with Crippen LogP contribution >= 0.6 is 0 Å². The minimum absolute atomic E-state index is 0.0745. The van der Waals surface area contributed by atoms with Crippen LogP contribution in [0.15, 0.2) is 46.9 Å². The molecule has 2 aromatic carbocycles. The number of rotatable bonds is 7. The normalized spacial score (nSPS) is 10.8. The van der Waals surface area contributed by atoms with Crippen LogP contribution in [0.4, 0.5) is 10.1 Å². The van der Waals surface area contributed by atoms with Crippen LogP contribution in [-0.4, -0.2) is 35.7 Å². The molecule has 7 nitrogen and oxygen atoms in total. The topological polar surface area (TPSA) is 106 Å². The van der Waals surface area contributed by atoms with Crippen molar-refractivity contribution in [3.63, 3.8) is 0 Å². The molecule has 30 heavy (non-hydrogen) atoms. The van der Waals surface area contributed by atoms with Crippen LogP contribution in [-0.2, 0) is 4.79 Å². The van der Waals surface area contributed by atoms with Crippen LogP contribution < -0.4 is 11.1 Å². The van der Waals surface area contributed by atoms with Crippen molar-refractivity contribution >= 4 is 34.4 Å². The molecule has 0 saturated heterocycles. The number of amides is 3. The molecular formula is C22H22FN3O4. The first-order valence-electron chi connectivity index (χ1n) is 9.47. The van der Waals surface area contributed by atoms with E-state index in [1.165, 1.54) is 35.2 Å². The Bertz CT molecular complexity index is 1110. The number of hydrogen-bond donors (Lipinski definition) is 2. The SMILES string of the molecule is CCN(CCC(=O)Nc1ccc(C(N)=O)cc1)C(=O)c1oc2ccc(F)cc2c1C. The second-order valence-electron chi connectivity index (χ2n) is 6.82. The van der Waals surface area contributed by atoms with E-state index < -0.39 is 11.7 Å². The molecule has 0 radical (unpaired) electrons. The lowest BCUT2D eigenvalue weighted by Crippen LogP contribution is -2.33. The lowest BCUT2D eigenvalue weighted by Gasteiger charge is -2.19. The minimum Gasteiger partial charge on any atom is -0.451 e. The van der Waals surface area contributed by atoms with Gasteiger partial charge in [-0.25, -0.2) is 4.39 Å². The fraction of sp³-hybridized carbons (Fsp3) is 0.227. The van der Waals surface area contributed by atoms with Gasteiger partial charge in [0.1, 0.15) is 11.4 Å². The van der Waals surface area contributed by atoms with Gasteiger partial charge in [-0.1, -0.05) is 0 Å². The Hall–Kier alpha value is -3.68. The molecule has 1 aromatic heterocycles. The zero-order chi connectivity index (χ0) is 21.8. The number of benzene rings is 2. The third-order valence-corrected chi connectivity index (χ3v) is 4.82. The number of halogens is 1. The van der Waals surface area contributed by atoms with E-state index in [2.05, 4.69) is 5.32 Å². The lowest BCUT2D eigenvalue weighted by molar-refractivity contribution is -0.116. The fourth-order valence-corrected chi connectivity index (χ4v) is 3.12. The van der Waals surface area contributed by atoms with Gasteiger partial charge in [-0.05, 0) is 56.3 Å². The van der Waals surface area contributed by atoms with Crippen molar-refractivity contribution in [2.24, 2.45) is 5.73 Å². The van der Waals surface area contributed by atoms with E-state index >= 15 is 0 Å². The summed E-state index contributed by atoms with van der Waals surface area (Å²) >= 11 is 0. The molecule has 0 saturated carbocycles. The summed E-state index contributed by atoms with van der Waals surface area (Å²) in [4.78, 5) is 37.7. The number of primary amides is 1. The molecule has 0 aliphatic carbocycles. The van der Waals surface area contributed by atoms with Gasteiger partial charge in [-0.15, -0.1) is 0 Å². The van der Waals surface area contributed by atoms with Crippen molar-refractivity contribution in [2.75, 3.05) is 18.4 Å². The molecule has 1 heterocycles. The molecule has 3 N–H and O–H groups in total. The predicted molar refractivity (Wildman–Crippen MR) is 111 cm³/mol. The van der Waals surface area contributed by atoms with E-state index in [0.717, 1.165) is 0 Å². The Morgan fingerprint density at radius 1 is 1.13 bits per heavy atom. The van der Waals surface area contributed by atoms with Crippen LogP contribution in [0, 0.1) is 12.7 Å². The number of nitrogens with one attached hydrogen (secondary N) is 1. The van der Waals surface area contributed by atoms with Gasteiger partial charge in [0, 0.05) is 41.7 Å². The standard InChI is InChI=1S/C22H22FN3O4/c1-3-26(11-10-19(27)25-16-7-4-14(5-8-16)21(24)28)22(29)20-13(2)17-12-15(23)6-9-18(17)30-20/h4-9,12H,3,10-11H2,1-2H3,(H2,24,28)(H,25,27). The lowest BCUT2D eigenvalue weighted by atomic mass is 10.1. The molecule has 0 atom stereocenters. The second kappa shape index (κ2) is 8.77. The molecule has 3 rings (SSSR count). The van der Waals surface area contributed by atoms with Gasteiger partial charge in [0.2, 0.25) is 11.8 Å². The number of aryl methyl sites for hydroxylation is 1. The number of carbonyl (C=O) groups excluding carboxylic acids is 3. The van der Waals surface area contributed by atoms with Crippen LogP contribution in [0.2, 0.25) is 0 Å². The monoisotopic (exact) mass is 411 g/mol. The zero-order valence-corrected chi connectivity index (χ0v) is 16.7. The molecule has 3 aromatic rings. The van der Waals surface area contributed by atoms with Crippen molar-refractivity contribution in [1.29, 1.82) is 0 Å². The minimum atomic E-state index is -0.548. The van der Waals surface area contributed by atoms with E-state index in [-0.39, 0.29) is 30.5 Å². The zero-order valence-electron chi connectivity index (χ0n) is 16.7. The Morgan fingerprint density at radius 2 is 1.83 bits per heavy atom. The summed E-state index contributed by atoms with van der Waals surface area (Å²) in [5, 5.41) is 3.26. The average molecular weight is 411 g/mol. The van der Waals surface area contributed by atoms with Gasteiger partial charge in [-0.3, -0.25) is 14.4 Å². The van der Waals surface area contributed by atoms with Crippen molar-refractivity contribution in [2.45, 2.75) is 20.3 Å². The van der Waals surface area contributed by atoms with Crippen molar-refractivity contribution in [3.8, 4) is 0 Å². The molecular weight excluding hydrogens is 389 g/mol. The predicted octanol–water partition coefficient (Wildman–Crippen LogP) is 3.47. The molecule has 0 bridgehead atoms. The highest BCUT2D eigenvalue weighted by molar-refractivity contribution is 5.99. The van der Waals surface area contributed by atoms with E-state index in [1.54, 1.807) is 26.0 Å². The van der Waals surface area contributed by atoms with Gasteiger partial charge in [0.25, 0.3) is 5.91 Å². The number of carbonyl (C=O) groups is 3. The summed E-state index contributed by atoms with van der Waals surface area (Å²) in [6.45, 7) is 4.07. The number of furan rings is 1. The Morgan fingerprint density at radius 3 is 2.47 bits per heavy atom. The molecule has 3 amide bonds. The first kappa shape index (κ1) is 21.0. The summed E-state index contributed by atoms with van der Waals surface area (Å²) in [5.74, 6) is -1.45. The number of hydrogen-bond acceptors (Lipinski definition) is 4. The van der Waals surface area contributed by atoms with Gasteiger partial charge in [0.05, 0.1) is 0 Å². The molecule has 156 valence electrons. The smallest absolute Gasteiger partial charge is 0.289 e. The maximum atomic E-state index is 13.5. The molecule has 0 aliphatic heterocycles. The molecule has 0 unspecified atom stereocenters. The number of fused-ring (bicyclic) bond motifs is 1. The highest BCUT2D eigenvalue weighted by atomic mass is 19.1. The van der Waals surface area contributed by atoms with Crippen LogP contribution in [0.3, 0.4) is 0 Å². The van der Waals surface area contributed by atoms with E-state index in [9.17, 15) is 18.8 Å². The third-order valence-electron chi connectivity index (χ3n) is 4.82. The van der Waals surface area contributed by atoms with Gasteiger partial charge >= 0.3 is 0 Å². The van der Waals surface area contributed by atoms with Gasteiger partial charge in [0.15, 0.2) is 5.76 Å². The number of nitrogens with zero attached hydrogens (tertiary/aromatic N) is 1. The Labute approximate surface area is 172 Å². The molecule has 0 spiro atoms. The summed E-state index contributed by atoms with van der Waals surface area (Å²) in [6.07, 6.45) is 0.0745. The molecule has 8 heteroatoms. The van der Waals surface area contributed by atoms with Crippen LogP contribution in [0.1, 0.15) is 39.8 Å². The summed E-state index contributed by atoms with van der Waals surface area (Å²) in [7, 11) is 0. The quantitative estimate of drug-likeness (QED) is 0.621. The second-order valence-corrected chi connectivity index (χ2v) is 6.82. The number of anilines is 1. The van der Waals surface area contributed by atoms with E-state index in [1.807, 2.05) is 0 Å². The van der Waals surface area contributed by atoms with Crippen molar-refractivity contribution in [1.82, 2.24) is 4.90 Å². The average Bonchev–Trinajstić information content (AvgIpc) is 3.04. The van der Waals surface area contributed by atoms with E-state index in [0.29, 0.717) is 34.3 Å². The van der Waals surface area contributed by atoms with Crippen molar-refractivity contribution < 1.29 is 23.2 Å². The maximum absolute atomic E-state index is 13.5. The summed E-state index contributed by atoms with van der Waals surface area (Å²) in [5.41, 5.74) is 7.05. The van der Waals surface area contributed by atoms with Crippen molar-refractivity contribution in [3.05, 3.63) is 65.2 Å². The maximum Gasteiger partial charge on any atom is 0.289 e. The summed E-state index contributed by atoms with van der Waals surface area (Å²) in [6, 6.07) is 10.3. The van der Waals surface area contributed by atoms with E-state index in [4.69, 9.17) is 10.2 Å².